The number of carbonyl (C=O) groups excluding carboxylic acids is 2. The molecule has 0 spiro atoms. The number of hydrogen-bond acceptors (Lipinski definition) is 3. The predicted octanol–water partition coefficient (Wildman–Crippen LogP) is 1.57. The zero-order chi connectivity index (χ0) is 13.5. The summed E-state index contributed by atoms with van der Waals surface area (Å²) in [7, 11) is 0. The summed E-state index contributed by atoms with van der Waals surface area (Å²) in [6.07, 6.45) is 2.51. The van der Waals surface area contributed by atoms with Crippen molar-refractivity contribution < 1.29 is 14.7 Å². The molecule has 3 atom stereocenters. The third kappa shape index (κ3) is 2.18. The average Bonchev–Trinajstić information content (AvgIpc) is 2.78. The van der Waals surface area contributed by atoms with E-state index in [-0.39, 0.29) is 29.8 Å². The molecule has 1 saturated carbocycles. The van der Waals surface area contributed by atoms with Crippen molar-refractivity contribution in [3.05, 3.63) is 0 Å². The van der Waals surface area contributed by atoms with Crippen LogP contribution in [0.2, 0.25) is 0 Å². The van der Waals surface area contributed by atoms with Crippen LogP contribution < -0.4 is 0 Å². The van der Waals surface area contributed by atoms with Gasteiger partial charge in [0.1, 0.15) is 0 Å². The van der Waals surface area contributed by atoms with E-state index < -0.39 is 5.41 Å². The standard InChI is InChI=1S/C14H23NO3/c1-9(2)14(3)7-12(17)15(13(14)18)8-10-4-5-11(16)6-10/h9-11,16H,4-8H2,1-3H3. The van der Waals surface area contributed by atoms with Gasteiger partial charge in [0.15, 0.2) is 0 Å². The molecule has 4 heteroatoms. The van der Waals surface area contributed by atoms with Gasteiger partial charge in [0, 0.05) is 13.0 Å². The Balaban J connectivity index is 2.06. The first-order valence-electron chi connectivity index (χ1n) is 6.87. The molecule has 18 heavy (non-hydrogen) atoms. The van der Waals surface area contributed by atoms with Crippen molar-refractivity contribution >= 4 is 11.8 Å². The molecule has 2 rings (SSSR count). The number of imide groups is 1. The van der Waals surface area contributed by atoms with E-state index in [4.69, 9.17) is 0 Å². The summed E-state index contributed by atoms with van der Waals surface area (Å²) in [4.78, 5) is 25.8. The highest BCUT2D eigenvalue weighted by molar-refractivity contribution is 6.05. The van der Waals surface area contributed by atoms with Gasteiger partial charge in [-0.25, -0.2) is 0 Å². The first-order valence-corrected chi connectivity index (χ1v) is 6.87. The molecule has 0 aromatic heterocycles. The molecule has 0 radical (unpaired) electrons. The molecule has 1 N–H and O–H groups in total. The quantitative estimate of drug-likeness (QED) is 0.777. The Morgan fingerprint density at radius 1 is 1.39 bits per heavy atom. The van der Waals surface area contributed by atoms with E-state index in [0.29, 0.717) is 13.0 Å². The number of rotatable bonds is 3. The van der Waals surface area contributed by atoms with Crippen LogP contribution in [0.25, 0.3) is 0 Å². The van der Waals surface area contributed by atoms with Crippen LogP contribution in [0.5, 0.6) is 0 Å². The summed E-state index contributed by atoms with van der Waals surface area (Å²) >= 11 is 0. The van der Waals surface area contributed by atoms with Gasteiger partial charge in [0.2, 0.25) is 11.8 Å². The smallest absolute Gasteiger partial charge is 0.235 e. The summed E-state index contributed by atoms with van der Waals surface area (Å²) in [5, 5.41) is 9.51. The molecule has 0 aromatic carbocycles. The minimum Gasteiger partial charge on any atom is -0.393 e. The molecule has 1 aliphatic carbocycles. The molecule has 2 amide bonds. The maximum Gasteiger partial charge on any atom is 0.235 e. The summed E-state index contributed by atoms with van der Waals surface area (Å²) in [6.45, 7) is 6.38. The number of amides is 2. The van der Waals surface area contributed by atoms with Crippen molar-refractivity contribution in [3.8, 4) is 0 Å². The van der Waals surface area contributed by atoms with Gasteiger partial charge >= 0.3 is 0 Å². The fourth-order valence-corrected chi connectivity index (χ4v) is 3.02. The molecule has 1 saturated heterocycles. The normalized spacial score (nSPS) is 37.1. The highest BCUT2D eigenvalue weighted by Gasteiger charge is 2.50. The molecule has 1 heterocycles. The Kier molecular flexibility index (Phi) is 3.49. The lowest BCUT2D eigenvalue weighted by molar-refractivity contribution is -0.142. The van der Waals surface area contributed by atoms with Gasteiger partial charge in [-0.2, -0.15) is 0 Å². The Labute approximate surface area is 108 Å². The highest BCUT2D eigenvalue weighted by atomic mass is 16.3. The number of carbonyl (C=O) groups is 2. The highest BCUT2D eigenvalue weighted by Crippen LogP contribution is 2.40. The molecule has 2 aliphatic rings. The fourth-order valence-electron chi connectivity index (χ4n) is 3.02. The molecular weight excluding hydrogens is 230 g/mol. The van der Waals surface area contributed by atoms with Gasteiger partial charge in [-0.3, -0.25) is 14.5 Å². The largest absolute Gasteiger partial charge is 0.393 e. The minimum absolute atomic E-state index is 0.0242. The zero-order valence-electron chi connectivity index (χ0n) is 11.5. The second-order valence-electron chi connectivity index (χ2n) is 6.39. The first-order chi connectivity index (χ1) is 8.34. The Morgan fingerprint density at radius 3 is 2.50 bits per heavy atom. The number of nitrogens with zero attached hydrogens (tertiary/aromatic N) is 1. The Bertz CT molecular complexity index is 366. The van der Waals surface area contributed by atoms with Gasteiger partial charge in [0.25, 0.3) is 0 Å². The molecular formula is C14H23NO3. The number of aliphatic hydroxyl groups is 1. The van der Waals surface area contributed by atoms with Gasteiger partial charge in [0.05, 0.1) is 11.5 Å². The van der Waals surface area contributed by atoms with E-state index in [1.807, 2.05) is 20.8 Å². The van der Waals surface area contributed by atoms with E-state index in [9.17, 15) is 14.7 Å². The van der Waals surface area contributed by atoms with Crippen LogP contribution in [0, 0.1) is 17.3 Å². The number of likely N-dealkylation sites (tertiary alicyclic amines) is 1. The second kappa shape index (κ2) is 4.65. The van der Waals surface area contributed by atoms with Crippen LogP contribution in [0.3, 0.4) is 0 Å². The molecule has 0 bridgehead atoms. The van der Waals surface area contributed by atoms with Crippen LogP contribution in [-0.4, -0.2) is 34.5 Å². The van der Waals surface area contributed by atoms with Crippen LogP contribution in [0.15, 0.2) is 0 Å². The first kappa shape index (κ1) is 13.5. The lowest BCUT2D eigenvalue weighted by Crippen LogP contribution is -2.39. The summed E-state index contributed by atoms with van der Waals surface area (Å²) in [6, 6.07) is 0. The molecule has 4 nitrogen and oxygen atoms in total. The van der Waals surface area contributed by atoms with Crippen molar-refractivity contribution in [1.29, 1.82) is 0 Å². The van der Waals surface area contributed by atoms with Crippen LogP contribution in [0.1, 0.15) is 46.5 Å². The van der Waals surface area contributed by atoms with E-state index >= 15 is 0 Å². The van der Waals surface area contributed by atoms with Crippen molar-refractivity contribution in [3.63, 3.8) is 0 Å². The van der Waals surface area contributed by atoms with Crippen molar-refractivity contribution in [1.82, 2.24) is 4.90 Å². The average molecular weight is 253 g/mol. The second-order valence-corrected chi connectivity index (χ2v) is 6.39. The van der Waals surface area contributed by atoms with Crippen LogP contribution in [-0.2, 0) is 9.59 Å². The minimum atomic E-state index is -0.533. The summed E-state index contributed by atoms with van der Waals surface area (Å²) < 4.78 is 0. The van der Waals surface area contributed by atoms with Crippen molar-refractivity contribution in [2.75, 3.05) is 6.54 Å². The van der Waals surface area contributed by atoms with Crippen molar-refractivity contribution in [2.45, 2.75) is 52.6 Å². The van der Waals surface area contributed by atoms with Gasteiger partial charge < -0.3 is 5.11 Å². The van der Waals surface area contributed by atoms with E-state index in [0.717, 1.165) is 19.3 Å². The lowest BCUT2D eigenvalue weighted by Gasteiger charge is -2.27. The van der Waals surface area contributed by atoms with Gasteiger partial charge in [-0.15, -0.1) is 0 Å². The summed E-state index contributed by atoms with van der Waals surface area (Å²) in [5.41, 5.74) is -0.533. The summed E-state index contributed by atoms with van der Waals surface area (Å²) in [5.74, 6) is 0.386. The maximum atomic E-state index is 12.4. The predicted molar refractivity (Wildman–Crippen MR) is 67.6 cm³/mol. The van der Waals surface area contributed by atoms with E-state index in [1.54, 1.807) is 0 Å². The lowest BCUT2D eigenvalue weighted by atomic mass is 9.78. The van der Waals surface area contributed by atoms with E-state index in [1.165, 1.54) is 4.90 Å². The Morgan fingerprint density at radius 2 is 2.06 bits per heavy atom. The third-order valence-electron chi connectivity index (χ3n) is 4.78. The number of hydrogen-bond donors (Lipinski definition) is 1. The molecule has 3 unspecified atom stereocenters. The zero-order valence-corrected chi connectivity index (χ0v) is 11.5. The Hall–Kier alpha value is -0.900. The van der Waals surface area contributed by atoms with E-state index in [2.05, 4.69) is 0 Å². The SMILES string of the molecule is CC(C)C1(C)CC(=O)N(CC2CCC(O)C2)C1=O. The maximum absolute atomic E-state index is 12.4. The fraction of sp³-hybridized carbons (Fsp3) is 0.857. The molecule has 1 aliphatic heterocycles. The molecule has 2 fully saturated rings. The van der Waals surface area contributed by atoms with Crippen LogP contribution >= 0.6 is 0 Å². The van der Waals surface area contributed by atoms with Gasteiger partial charge in [-0.1, -0.05) is 13.8 Å². The topological polar surface area (TPSA) is 57.6 Å². The van der Waals surface area contributed by atoms with Gasteiger partial charge in [-0.05, 0) is 38.0 Å². The molecule has 0 aromatic rings. The monoisotopic (exact) mass is 253 g/mol. The van der Waals surface area contributed by atoms with Crippen LogP contribution in [0.4, 0.5) is 0 Å². The molecule has 102 valence electrons. The third-order valence-corrected chi connectivity index (χ3v) is 4.78. The van der Waals surface area contributed by atoms with Crippen molar-refractivity contribution in [2.24, 2.45) is 17.3 Å². The number of aliphatic hydroxyl groups excluding tert-OH is 1.